The summed E-state index contributed by atoms with van der Waals surface area (Å²) < 4.78 is 0. The minimum Gasteiger partial charge on any atom is -0.355 e. The Morgan fingerprint density at radius 2 is 2.18 bits per heavy atom. The largest absolute Gasteiger partial charge is 0.355 e. The first-order chi connectivity index (χ1) is 5.07. The molecule has 0 unspecified atom stereocenters. The highest BCUT2D eigenvalue weighted by Gasteiger charge is 2.07. The summed E-state index contributed by atoms with van der Waals surface area (Å²) in [5, 5.41) is 2.75. The van der Waals surface area contributed by atoms with E-state index in [1.165, 1.54) is 0 Å². The van der Waals surface area contributed by atoms with Crippen LogP contribution < -0.4 is 5.32 Å². The summed E-state index contributed by atoms with van der Waals surface area (Å²) in [6.07, 6.45) is 0. The van der Waals surface area contributed by atoms with Crippen molar-refractivity contribution in [1.82, 2.24) is 10.2 Å². The maximum atomic E-state index is 11.0. The number of likely N-dealkylation sites (N-methyl/N-ethyl adjacent to an activating group) is 2. The number of nitrogens with one attached hydrogen (secondary N) is 1. The molecule has 3 nitrogen and oxygen atoms in total. The smallest absolute Gasteiger partial charge is 0.234 e. The molecule has 0 fully saturated rings. The van der Waals surface area contributed by atoms with Crippen LogP contribution in [0.4, 0.5) is 0 Å². The van der Waals surface area contributed by atoms with Crippen LogP contribution >= 0.6 is 0 Å². The Kier molecular flexibility index (Phi) is 4.86. The third kappa shape index (κ3) is 4.79. The topological polar surface area (TPSA) is 32.3 Å². The van der Waals surface area contributed by atoms with E-state index in [0.29, 0.717) is 19.1 Å². The van der Waals surface area contributed by atoms with Crippen molar-refractivity contribution < 1.29 is 6.22 Å². The third-order valence-corrected chi connectivity index (χ3v) is 1.65. The first-order valence-electron chi connectivity index (χ1n) is 4.04. The molecule has 0 aliphatic carbocycles. The van der Waals surface area contributed by atoms with Crippen molar-refractivity contribution in [2.75, 3.05) is 20.1 Å². The molecule has 0 aromatic heterocycles. The van der Waals surface area contributed by atoms with Crippen LogP contribution in [0.15, 0.2) is 0 Å². The van der Waals surface area contributed by atoms with Crippen LogP contribution in [-0.4, -0.2) is 37.0 Å². The molecule has 0 aromatic carbocycles. The Bertz CT molecular complexity index is 128. The molecular weight excluding hydrogens is 140 g/mol. The van der Waals surface area contributed by atoms with Gasteiger partial charge in [-0.1, -0.05) is 0 Å². The molecule has 0 atom stereocenters. The van der Waals surface area contributed by atoms with Crippen LogP contribution in [0.3, 0.4) is 0 Å². The summed E-state index contributed by atoms with van der Waals surface area (Å²) in [6.45, 7) is 7.27. The van der Waals surface area contributed by atoms with Gasteiger partial charge in [-0.25, -0.2) is 0 Å². The predicted octanol–water partition coefficient (Wildman–Crippen LogP) is 0.709. The fourth-order valence-electron chi connectivity index (χ4n) is 0.662. The fourth-order valence-corrected chi connectivity index (χ4v) is 0.662. The molecule has 0 aliphatic rings. The number of carbonyl (C=O) groups excluding carboxylic acids is 1. The Labute approximate surface area is 70.2 Å². The molecule has 0 heterocycles. The monoisotopic (exact) mass is 160 g/mol. The Morgan fingerprint density at radius 1 is 1.64 bits per heavy atom. The maximum absolute atomic E-state index is 11.0. The van der Waals surface area contributed by atoms with Crippen LogP contribution in [0, 0.1) is 0 Å². The van der Waals surface area contributed by atoms with Crippen molar-refractivity contribution in [3.8, 4) is 0 Å². The lowest BCUT2D eigenvalue weighted by Gasteiger charge is -2.19. The van der Waals surface area contributed by atoms with E-state index >= 15 is 0 Å². The molecule has 1 N–H and O–H groups in total. The minimum atomic E-state index is 0. The van der Waals surface area contributed by atoms with Crippen molar-refractivity contribution >= 4 is 5.91 Å². The van der Waals surface area contributed by atoms with Gasteiger partial charge in [0.15, 0.2) is 0 Å². The van der Waals surface area contributed by atoms with Crippen molar-refractivity contribution in [3.05, 3.63) is 0 Å². The summed E-state index contributed by atoms with van der Waals surface area (Å²) in [7, 11) is 1.94. The van der Waals surface area contributed by atoms with Gasteiger partial charge < -0.3 is 5.32 Å². The molecule has 1 amide bonds. The second-order valence-electron chi connectivity index (χ2n) is 2.96. The van der Waals surface area contributed by atoms with E-state index in [-0.39, 0.29) is 7.33 Å². The van der Waals surface area contributed by atoms with Crippen LogP contribution in [0.1, 0.15) is 22.2 Å². The second kappa shape index (κ2) is 5.13. The molecule has 3 heteroatoms. The van der Waals surface area contributed by atoms with Crippen LogP contribution in [0.5, 0.6) is 0 Å². The van der Waals surface area contributed by atoms with Crippen molar-refractivity contribution in [1.29, 1.82) is 0 Å². The Balaban J connectivity index is 0. The van der Waals surface area contributed by atoms with Crippen molar-refractivity contribution in [3.63, 3.8) is 0 Å². The van der Waals surface area contributed by atoms with Crippen LogP contribution in [0.2, 0.25) is 0 Å². The second-order valence-corrected chi connectivity index (χ2v) is 2.96. The molecule has 0 bridgehead atoms. The molecule has 0 spiro atoms. The number of carbonyl (C=O) groups is 1. The lowest BCUT2D eigenvalue weighted by molar-refractivity contribution is -0.122. The zero-order valence-electron chi connectivity index (χ0n) is 7.85. The van der Waals surface area contributed by atoms with Gasteiger partial charge in [0.25, 0.3) is 0 Å². The lowest BCUT2D eigenvalue weighted by Crippen LogP contribution is -2.38. The molecule has 0 radical (unpaired) electrons. The maximum Gasteiger partial charge on any atom is 0.234 e. The SMILES string of the molecule is CCNC(=O)CN(C)C(C)C.[HH]. The molecule has 68 valence electrons. The first-order valence-corrected chi connectivity index (χ1v) is 4.04. The van der Waals surface area contributed by atoms with E-state index < -0.39 is 0 Å². The molecule has 0 saturated carbocycles. The number of amides is 1. The number of hydrogen-bond acceptors (Lipinski definition) is 2. The average molecular weight is 160 g/mol. The van der Waals surface area contributed by atoms with Gasteiger partial charge >= 0.3 is 0 Å². The highest BCUT2D eigenvalue weighted by molar-refractivity contribution is 5.77. The van der Waals surface area contributed by atoms with Crippen LogP contribution in [0.25, 0.3) is 0 Å². The zero-order chi connectivity index (χ0) is 8.85. The van der Waals surface area contributed by atoms with Gasteiger partial charge in [0, 0.05) is 14.0 Å². The highest BCUT2D eigenvalue weighted by atomic mass is 16.2. The van der Waals surface area contributed by atoms with Crippen LogP contribution in [-0.2, 0) is 4.79 Å². The zero-order valence-corrected chi connectivity index (χ0v) is 7.85. The van der Waals surface area contributed by atoms with Gasteiger partial charge in [0.2, 0.25) is 5.91 Å². The van der Waals surface area contributed by atoms with E-state index in [4.69, 9.17) is 0 Å². The van der Waals surface area contributed by atoms with Gasteiger partial charge in [-0.3, -0.25) is 9.69 Å². The first kappa shape index (κ1) is 10.4. The fraction of sp³-hybridized carbons (Fsp3) is 0.875. The quantitative estimate of drug-likeness (QED) is 0.657. The van der Waals surface area contributed by atoms with E-state index in [0.717, 1.165) is 0 Å². The normalized spacial score (nSPS) is 10.7. The summed E-state index contributed by atoms with van der Waals surface area (Å²) in [5.74, 6) is 0.101. The average Bonchev–Trinajstić information content (AvgIpc) is 1.87. The van der Waals surface area contributed by atoms with Gasteiger partial charge in [0.05, 0.1) is 6.54 Å². The Hall–Kier alpha value is -0.570. The molecular formula is C8H20N2O. The van der Waals surface area contributed by atoms with E-state index in [1.807, 2.05) is 18.9 Å². The Morgan fingerprint density at radius 3 is 2.55 bits per heavy atom. The summed E-state index contributed by atoms with van der Waals surface area (Å²) in [5.41, 5.74) is 0. The number of rotatable bonds is 4. The minimum absolute atomic E-state index is 0. The van der Waals surface area contributed by atoms with E-state index in [2.05, 4.69) is 19.2 Å². The molecule has 11 heavy (non-hydrogen) atoms. The van der Waals surface area contributed by atoms with Crippen molar-refractivity contribution in [2.24, 2.45) is 0 Å². The molecule has 0 aliphatic heterocycles. The number of nitrogens with zero attached hydrogens (tertiary/aromatic N) is 1. The highest BCUT2D eigenvalue weighted by Crippen LogP contribution is 1.91. The van der Waals surface area contributed by atoms with Gasteiger partial charge in [-0.2, -0.15) is 0 Å². The third-order valence-electron chi connectivity index (χ3n) is 1.65. The van der Waals surface area contributed by atoms with E-state index in [1.54, 1.807) is 0 Å². The standard InChI is InChI=1S/C8H18N2O.H2/c1-5-9-8(11)6-10(4)7(2)3;/h7H,5-6H2,1-4H3,(H,9,11);1H. The molecule has 0 aromatic rings. The van der Waals surface area contributed by atoms with Gasteiger partial charge in [0.1, 0.15) is 0 Å². The van der Waals surface area contributed by atoms with E-state index in [9.17, 15) is 4.79 Å². The number of hydrogen-bond donors (Lipinski definition) is 1. The summed E-state index contributed by atoms with van der Waals surface area (Å²) >= 11 is 0. The van der Waals surface area contributed by atoms with Gasteiger partial charge in [-0.05, 0) is 27.8 Å². The summed E-state index contributed by atoms with van der Waals surface area (Å²) in [6, 6.07) is 0.428. The molecule has 0 rings (SSSR count). The van der Waals surface area contributed by atoms with Crippen molar-refractivity contribution in [2.45, 2.75) is 26.8 Å². The summed E-state index contributed by atoms with van der Waals surface area (Å²) in [4.78, 5) is 13.0. The van der Waals surface area contributed by atoms with Gasteiger partial charge in [-0.15, -0.1) is 0 Å². The lowest BCUT2D eigenvalue weighted by atomic mass is 10.3. The molecule has 0 saturated heterocycles. The predicted molar refractivity (Wildman–Crippen MR) is 48.6 cm³/mol.